The minimum absolute atomic E-state index is 0.0355. The highest BCUT2D eigenvalue weighted by Crippen LogP contribution is 2.22. The maximum atomic E-state index is 12.1. The molecule has 5 nitrogen and oxygen atoms in total. The highest BCUT2D eigenvalue weighted by molar-refractivity contribution is 5.89. The molecule has 1 fully saturated rings. The molecule has 0 spiro atoms. The van der Waals surface area contributed by atoms with Gasteiger partial charge in [0.25, 0.3) is 0 Å². The fourth-order valence-corrected chi connectivity index (χ4v) is 2.60. The topological polar surface area (TPSA) is 69.6 Å². The molecule has 1 aromatic rings. The lowest BCUT2D eigenvalue weighted by molar-refractivity contribution is -0.137. The first-order valence-corrected chi connectivity index (χ1v) is 7.33. The zero-order chi connectivity index (χ0) is 15.4. The smallest absolute Gasteiger partial charge is 0.321 e. The summed E-state index contributed by atoms with van der Waals surface area (Å²) < 4.78 is 0. The number of hydrogen-bond acceptors (Lipinski definition) is 2. The Labute approximate surface area is 125 Å². The molecule has 2 N–H and O–H groups in total. The number of hydrogen-bond donors (Lipinski definition) is 2. The van der Waals surface area contributed by atoms with Gasteiger partial charge >= 0.3 is 12.0 Å². The standard InChI is InChI=1S/C16H22N2O3/c1-11-7-8-18(10-11)16(21)17-14-5-3-13(4-6-14)12(2)9-15(19)20/h3-6,11-12H,7-10H2,1-2H3,(H,17,21)(H,19,20). The summed E-state index contributed by atoms with van der Waals surface area (Å²) in [5, 5.41) is 11.7. The fourth-order valence-electron chi connectivity index (χ4n) is 2.60. The molecular formula is C16H22N2O3. The van der Waals surface area contributed by atoms with E-state index in [4.69, 9.17) is 5.11 Å². The molecule has 2 amide bonds. The molecule has 2 rings (SSSR count). The first-order chi connectivity index (χ1) is 9.95. The van der Waals surface area contributed by atoms with Crippen LogP contribution >= 0.6 is 0 Å². The van der Waals surface area contributed by atoms with Crippen molar-refractivity contribution in [2.75, 3.05) is 18.4 Å². The Bertz CT molecular complexity index is 513. The minimum Gasteiger partial charge on any atom is -0.481 e. The molecule has 1 aliphatic heterocycles. The fraction of sp³-hybridized carbons (Fsp3) is 0.500. The average molecular weight is 290 g/mol. The van der Waals surface area contributed by atoms with Gasteiger partial charge in [0.1, 0.15) is 0 Å². The Morgan fingerprint density at radius 2 is 2.05 bits per heavy atom. The van der Waals surface area contributed by atoms with Crippen molar-refractivity contribution in [3.63, 3.8) is 0 Å². The van der Waals surface area contributed by atoms with E-state index in [-0.39, 0.29) is 18.4 Å². The molecule has 0 aromatic heterocycles. The number of likely N-dealkylation sites (tertiary alicyclic amines) is 1. The van der Waals surface area contributed by atoms with Gasteiger partial charge < -0.3 is 15.3 Å². The van der Waals surface area contributed by atoms with Crippen molar-refractivity contribution in [2.45, 2.75) is 32.6 Å². The average Bonchev–Trinajstić information content (AvgIpc) is 2.85. The third kappa shape index (κ3) is 4.21. The van der Waals surface area contributed by atoms with E-state index in [0.717, 1.165) is 30.8 Å². The molecule has 2 atom stereocenters. The van der Waals surface area contributed by atoms with Crippen LogP contribution in [-0.4, -0.2) is 35.1 Å². The van der Waals surface area contributed by atoms with Gasteiger partial charge in [-0.05, 0) is 36.0 Å². The van der Waals surface area contributed by atoms with E-state index in [1.807, 2.05) is 36.1 Å². The number of carbonyl (C=O) groups excluding carboxylic acids is 1. The summed E-state index contributed by atoms with van der Waals surface area (Å²) in [5.41, 5.74) is 1.70. The highest BCUT2D eigenvalue weighted by atomic mass is 16.4. The van der Waals surface area contributed by atoms with E-state index in [0.29, 0.717) is 5.92 Å². The van der Waals surface area contributed by atoms with Crippen LogP contribution in [0.2, 0.25) is 0 Å². The second-order valence-corrected chi connectivity index (χ2v) is 5.89. The number of urea groups is 1. The van der Waals surface area contributed by atoms with Gasteiger partial charge in [0.05, 0.1) is 6.42 Å². The molecule has 0 aliphatic carbocycles. The number of carboxylic acid groups (broad SMARTS) is 1. The van der Waals surface area contributed by atoms with Crippen molar-refractivity contribution in [1.82, 2.24) is 4.90 Å². The largest absolute Gasteiger partial charge is 0.481 e. The molecule has 5 heteroatoms. The third-order valence-electron chi connectivity index (χ3n) is 3.92. The number of aliphatic carboxylic acids is 1. The molecule has 2 unspecified atom stereocenters. The minimum atomic E-state index is -0.803. The summed E-state index contributed by atoms with van der Waals surface area (Å²) in [6.45, 7) is 5.64. The zero-order valence-electron chi connectivity index (χ0n) is 12.5. The first-order valence-electron chi connectivity index (χ1n) is 7.33. The van der Waals surface area contributed by atoms with Crippen molar-refractivity contribution in [3.8, 4) is 0 Å². The van der Waals surface area contributed by atoms with Crippen molar-refractivity contribution in [2.24, 2.45) is 5.92 Å². The molecule has 1 heterocycles. The van der Waals surface area contributed by atoms with Gasteiger partial charge in [-0.15, -0.1) is 0 Å². The van der Waals surface area contributed by atoms with Crippen LogP contribution in [0, 0.1) is 5.92 Å². The van der Waals surface area contributed by atoms with Gasteiger partial charge in [0.15, 0.2) is 0 Å². The molecule has 21 heavy (non-hydrogen) atoms. The Hall–Kier alpha value is -2.04. The molecule has 1 saturated heterocycles. The SMILES string of the molecule is CC1CCN(C(=O)Nc2ccc(C(C)CC(=O)O)cc2)C1. The van der Waals surface area contributed by atoms with Gasteiger partial charge in [0, 0.05) is 18.8 Å². The number of rotatable bonds is 4. The third-order valence-corrected chi connectivity index (χ3v) is 3.92. The van der Waals surface area contributed by atoms with E-state index in [1.165, 1.54) is 0 Å². The van der Waals surface area contributed by atoms with Crippen LogP contribution in [0.1, 0.15) is 38.2 Å². The number of amides is 2. The van der Waals surface area contributed by atoms with Crippen molar-refractivity contribution in [3.05, 3.63) is 29.8 Å². The zero-order valence-corrected chi connectivity index (χ0v) is 12.5. The summed E-state index contributed by atoms with van der Waals surface area (Å²) in [6.07, 6.45) is 1.16. The van der Waals surface area contributed by atoms with Crippen molar-refractivity contribution < 1.29 is 14.7 Å². The quantitative estimate of drug-likeness (QED) is 0.895. The number of nitrogens with one attached hydrogen (secondary N) is 1. The molecule has 0 radical (unpaired) electrons. The van der Waals surface area contributed by atoms with E-state index >= 15 is 0 Å². The van der Waals surface area contributed by atoms with Crippen molar-refractivity contribution >= 4 is 17.7 Å². The molecule has 114 valence electrons. The molecular weight excluding hydrogens is 268 g/mol. The highest BCUT2D eigenvalue weighted by Gasteiger charge is 2.23. The lowest BCUT2D eigenvalue weighted by Crippen LogP contribution is -2.32. The van der Waals surface area contributed by atoms with Crippen LogP contribution in [0.4, 0.5) is 10.5 Å². The predicted octanol–water partition coefficient (Wildman–Crippen LogP) is 3.14. The number of anilines is 1. The Balaban J connectivity index is 1.93. The van der Waals surface area contributed by atoms with Gasteiger partial charge in [-0.2, -0.15) is 0 Å². The summed E-state index contributed by atoms with van der Waals surface area (Å²) in [7, 11) is 0. The lowest BCUT2D eigenvalue weighted by atomic mass is 9.98. The molecule has 0 bridgehead atoms. The van der Waals surface area contributed by atoms with E-state index in [2.05, 4.69) is 12.2 Å². The molecule has 1 aliphatic rings. The van der Waals surface area contributed by atoms with E-state index in [1.54, 1.807) is 0 Å². The second kappa shape index (κ2) is 6.61. The van der Waals surface area contributed by atoms with Crippen molar-refractivity contribution in [1.29, 1.82) is 0 Å². The summed E-state index contributed by atoms with van der Waals surface area (Å²) in [6, 6.07) is 7.33. The van der Waals surface area contributed by atoms with Crippen LogP contribution in [0.3, 0.4) is 0 Å². The number of carbonyl (C=O) groups is 2. The number of carboxylic acids is 1. The molecule has 0 saturated carbocycles. The van der Waals surface area contributed by atoms with Gasteiger partial charge in [-0.1, -0.05) is 26.0 Å². The van der Waals surface area contributed by atoms with Gasteiger partial charge in [-0.3, -0.25) is 4.79 Å². The summed E-state index contributed by atoms with van der Waals surface area (Å²) in [5.74, 6) is -0.273. The first kappa shape index (κ1) is 15.4. The normalized spacial score (nSPS) is 19.3. The maximum Gasteiger partial charge on any atom is 0.321 e. The monoisotopic (exact) mass is 290 g/mol. The van der Waals surface area contributed by atoms with Gasteiger partial charge in [-0.25, -0.2) is 4.79 Å². The molecule has 1 aromatic carbocycles. The lowest BCUT2D eigenvalue weighted by Gasteiger charge is -2.17. The Morgan fingerprint density at radius 3 is 2.57 bits per heavy atom. The summed E-state index contributed by atoms with van der Waals surface area (Å²) >= 11 is 0. The Kier molecular flexibility index (Phi) is 4.83. The Morgan fingerprint density at radius 1 is 1.38 bits per heavy atom. The summed E-state index contributed by atoms with van der Waals surface area (Å²) in [4.78, 5) is 24.6. The second-order valence-electron chi connectivity index (χ2n) is 5.89. The van der Waals surface area contributed by atoms with E-state index in [9.17, 15) is 9.59 Å². The predicted molar refractivity (Wildman–Crippen MR) is 81.5 cm³/mol. The van der Waals surface area contributed by atoms with E-state index < -0.39 is 5.97 Å². The van der Waals surface area contributed by atoms with Crippen LogP contribution in [0.15, 0.2) is 24.3 Å². The van der Waals surface area contributed by atoms with Crippen LogP contribution < -0.4 is 5.32 Å². The van der Waals surface area contributed by atoms with Crippen LogP contribution in [-0.2, 0) is 4.79 Å². The van der Waals surface area contributed by atoms with Gasteiger partial charge in [0.2, 0.25) is 0 Å². The van der Waals surface area contributed by atoms with Crippen LogP contribution in [0.5, 0.6) is 0 Å². The number of nitrogens with zero attached hydrogens (tertiary/aromatic N) is 1. The van der Waals surface area contributed by atoms with Crippen LogP contribution in [0.25, 0.3) is 0 Å². The number of benzene rings is 1. The maximum absolute atomic E-state index is 12.1.